The molecular weight excluding hydrogens is 673 g/mol. The van der Waals surface area contributed by atoms with Crippen LogP contribution in [0, 0.1) is 11.8 Å². The van der Waals surface area contributed by atoms with Crippen molar-refractivity contribution in [1.29, 1.82) is 0 Å². The molecule has 0 aliphatic heterocycles. The zero-order valence-electron chi connectivity index (χ0n) is 36.3. The van der Waals surface area contributed by atoms with E-state index in [1.54, 1.807) is 19.1 Å². The van der Waals surface area contributed by atoms with Gasteiger partial charge in [0.25, 0.3) is 0 Å². The minimum Gasteiger partial charge on any atom is -0.383 e. The molecule has 1 aromatic rings. The van der Waals surface area contributed by atoms with E-state index in [-0.39, 0.29) is 5.91 Å². The lowest BCUT2D eigenvalue weighted by molar-refractivity contribution is -0.133. The Morgan fingerprint density at radius 1 is 0.574 bits per heavy atom. The minimum atomic E-state index is -0.536. The van der Waals surface area contributed by atoms with Crippen LogP contribution in [0.1, 0.15) is 187 Å². The van der Waals surface area contributed by atoms with Gasteiger partial charge < -0.3 is 29.7 Å². The van der Waals surface area contributed by atoms with E-state index in [0.29, 0.717) is 44.6 Å². The number of amides is 1. The summed E-state index contributed by atoms with van der Waals surface area (Å²) in [5.74, 6) is 0.624. The van der Waals surface area contributed by atoms with E-state index in [9.17, 15) is 14.4 Å². The maximum absolute atomic E-state index is 12.3. The molecule has 7 nitrogen and oxygen atoms in total. The Morgan fingerprint density at radius 2 is 0.907 bits per heavy atom. The van der Waals surface area contributed by atoms with Gasteiger partial charge in [-0.3, -0.25) is 4.79 Å². The highest BCUT2D eigenvalue weighted by molar-refractivity contribution is 5.82. The number of methoxy groups -OCH3 is 2. The van der Waals surface area contributed by atoms with Crippen molar-refractivity contribution >= 4 is 18.5 Å². The van der Waals surface area contributed by atoms with Crippen molar-refractivity contribution in [3.05, 3.63) is 35.9 Å². The largest absolute Gasteiger partial charge is 0.383 e. The van der Waals surface area contributed by atoms with Gasteiger partial charge in [0.1, 0.15) is 12.6 Å². The second kappa shape index (κ2) is 43.6. The molecule has 0 aliphatic carbocycles. The molecular formula is C47H88N2O5. The van der Waals surface area contributed by atoms with E-state index in [1.165, 1.54) is 141 Å². The number of nitrogens with zero attached hydrogens (tertiary/aromatic N) is 1. The summed E-state index contributed by atoms with van der Waals surface area (Å²) >= 11 is 0. The van der Waals surface area contributed by atoms with Gasteiger partial charge in [-0.15, -0.1) is 0 Å². The Labute approximate surface area is 334 Å². The first kappa shape index (κ1) is 54.0. The van der Waals surface area contributed by atoms with Crippen molar-refractivity contribution in [2.24, 2.45) is 17.6 Å². The second-order valence-electron chi connectivity index (χ2n) is 15.2. The van der Waals surface area contributed by atoms with Gasteiger partial charge in [0, 0.05) is 39.1 Å². The molecule has 316 valence electrons. The fourth-order valence-corrected chi connectivity index (χ4v) is 6.53. The maximum Gasteiger partial charge on any atom is 0.239 e. The van der Waals surface area contributed by atoms with Crippen LogP contribution in [0.5, 0.6) is 0 Å². The topological polar surface area (TPSA) is 98.9 Å². The molecule has 1 aromatic carbocycles. The highest BCUT2D eigenvalue weighted by atomic mass is 16.5. The molecule has 0 aliphatic rings. The molecule has 2 N–H and O–H groups in total. The van der Waals surface area contributed by atoms with Crippen LogP contribution in [0.4, 0.5) is 0 Å². The number of nitrogens with two attached hydrogens (primary N) is 1. The highest BCUT2D eigenvalue weighted by Gasteiger charge is 2.21. The molecule has 0 aromatic heterocycles. The summed E-state index contributed by atoms with van der Waals surface area (Å²) in [7, 11) is 3.23. The molecule has 3 unspecified atom stereocenters. The lowest BCUT2D eigenvalue weighted by atomic mass is 9.95. The fraction of sp³-hybridized carbons (Fsp3) is 0.809. The summed E-state index contributed by atoms with van der Waals surface area (Å²) in [4.78, 5) is 35.9. The summed E-state index contributed by atoms with van der Waals surface area (Å²) in [5.41, 5.74) is 7.08. The third-order valence-corrected chi connectivity index (χ3v) is 10.2. The number of ether oxygens (including phenoxy) is 2. The van der Waals surface area contributed by atoms with Crippen molar-refractivity contribution in [2.45, 2.75) is 194 Å². The smallest absolute Gasteiger partial charge is 0.239 e. The Morgan fingerprint density at radius 3 is 1.24 bits per heavy atom. The number of benzene rings is 1. The molecule has 0 spiro atoms. The SMILES string of the molecule is CCCCCCCCC(C=O)CCCCCC.CCCCCCCCC(C=O)CCCCCC.COCCN(CCOC)C(=O)C(N)Cc1ccccc1. The molecule has 3 atom stereocenters. The number of unbranched alkanes of at least 4 members (excludes halogenated alkanes) is 16. The number of hydrogen-bond donors (Lipinski definition) is 1. The predicted octanol–water partition coefficient (Wildman–Crippen LogP) is 11.7. The molecule has 0 radical (unpaired) electrons. The Kier molecular flexibility index (Phi) is 43.6. The summed E-state index contributed by atoms with van der Waals surface area (Å²) in [6.07, 6.45) is 33.7. The number of rotatable bonds is 35. The maximum atomic E-state index is 12.3. The Bertz CT molecular complexity index is 871. The molecule has 0 saturated carbocycles. The van der Waals surface area contributed by atoms with Crippen LogP contribution in [-0.4, -0.2) is 69.9 Å². The van der Waals surface area contributed by atoms with E-state index >= 15 is 0 Å². The first-order chi connectivity index (χ1) is 26.4. The minimum absolute atomic E-state index is 0.0667. The van der Waals surface area contributed by atoms with Crippen molar-refractivity contribution in [3.63, 3.8) is 0 Å². The van der Waals surface area contributed by atoms with Gasteiger partial charge in [0.2, 0.25) is 5.91 Å². The van der Waals surface area contributed by atoms with Crippen molar-refractivity contribution in [1.82, 2.24) is 4.90 Å². The zero-order chi connectivity index (χ0) is 40.3. The van der Waals surface area contributed by atoms with Gasteiger partial charge >= 0.3 is 0 Å². The molecule has 54 heavy (non-hydrogen) atoms. The van der Waals surface area contributed by atoms with Gasteiger partial charge in [0.05, 0.1) is 19.3 Å². The number of carbonyl (C=O) groups is 3. The molecule has 7 heteroatoms. The fourth-order valence-electron chi connectivity index (χ4n) is 6.53. The average Bonchev–Trinajstić information content (AvgIpc) is 3.19. The van der Waals surface area contributed by atoms with E-state index in [0.717, 1.165) is 31.2 Å². The van der Waals surface area contributed by atoms with E-state index < -0.39 is 6.04 Å². The normalized spacial score (nSPS) is 12.4. The van der Waals surface area contributed by atoms with Gasteiger partial charge in [-0.2, -0.15) is 0 Å². The summed E-state index contributed by atoms with van der Waals surface area (Å²) < 4.78 is 10.0. The van der Waals surface area contributed by atoms with E-state index in [2.05, 4.69) is 27.7 Å². The predicted molar refractivity (Wildman–Crippen MR) is 231 cm³/mol. The monoisotopic (exact) mass is 761 g/mol. The van der Waals surface area contributed by atoms with Gasteiger partial charge in [-0.1, -0.05) is 186 Å². The first-order valence-corrected chi connectivity index (χ1v) is 22.3. The summed E-state index contributed by atoms with van der Waals surface area (Å²) in [5, 5.41) is 0. The van der Waals surface area contributed by atoms with E-state index in [4.69, 9.17) is 15.2 Å². The van der Waals surface area contributed by atoms with Crippen LogP contribution in [0.2, 0.25) is 0 Å². The van der Waals surface area contributed by atoms with E-state index in [1.807, 2.05) is 30.3 Å². The highest BCUT2D eigenvalue weighted by Crippen LogP contribution is 2.18. The standard InChI is InChI=1S/2C16H32O.C15H24N2O3/c2*1-3-5-7-9-10-12-14-16(15-17)13-11-8-6-4-2;1-19-10-8-17(9-11-20-2)15(18)14(16)12-13-6-4-3-5-7-13/h2*15-16H,3-14H2,1-2H3;3-7,14H,8-12,16H2,1-2H3. The van der Waals surface area contributed by atoms with Crippen molar-refractivity contribution in [2.75, 3.05) is 40.5 Å². The van der Waals surface area contributed by atoms with Crippen LogP contribution in [-0.2, 0) is 30.3 Å². The third-order valence-electron chi connectivity index (χ3n) is 10.2. The summed E-state index contributed by atoms with van der Waals surface area (Å²) in [6, 6.07) is 9.25. The van der Waals surface area contributed by atoms with Crippen molar-refractivity contribution < 1.29 is 23.9 Å². The lowest BCUT2D eigenvalue weighted by Gasteiger charge is -2.25. The van der Waals surface area contributed by atoms with Gasteiger partial charge in [-0.05, 0) is 37.7 Å². The Balaban J connectivity index is 0. The van der Waals surface area contributed by atoms with Gasteiger partial charge in [0.15, 0.2) is 0 Å². The quantitative estimate of drug-likeness (QED) is 0.0546. The van der Waals surface area contributed by atoms with Crippen LogP contribution in [0.3, 0.4) is 0 Å². The second-order valence-corrected chi connectivity index (χ2v) is 15.2. The average molecular weight is 761 g/mol. The zero-order valence-corrected chi connectivity index (χ0v) is 36.3. The van der Waals surface area contributed by atoms with Gasteiger partial charge in [-0.25, -0.2) is 0 Å². The number of carbonyl (C=O) groups excluding carboxylic acids is 3. The number of aldehydes is 2. The molecule has 0 heterocycles. The van der Waals surface area contributed by atoms with Crippen molar-refractivity contribution in [3.8, 4) is 0 Å². The van der Waals surface area contributed by atoms with Crippen LogP contribution < -0.4 is 5.73 Å². The van der Waals surface area contributed by atoms with Crippen LogP contribution in [0.25, 0.3) is 0 Å². The molecule has 1 rings (SSSR count). The molecule has 0 fully saturated rings. The van der Waals surface area contributed by atoms with Crippen LogP contribution >= 0.6 is 0 Å². The van der Waals surface area contributed by atoms with Crippen LogP contribution in [0.15, 0.2) is 30.3 Å². The summed E-state index contributed by atoms with van der Waals surface area (Å²) in [6.45, 7) is 11.0. The first-order valence-electron chi connectivity index (χ1n) is 22.3. The lowest BCUT2D eigenvalue weighted by Crippen LogP contribution is -2.47. The molecule has 0 saturated heterocycles. The molecule has 0 bridgehead atoms. The third kappa shape index (κ3) is 35.6. The number of hydrogen-bond acceptors (Lipinski definition) is 6. The molecule has 1 amide bonds. The Hall–Kier alpha value is -2.09.